The highest BCUT2D eigenvalue weighted by atomic mass is 16.5. The molecule has 4 nitrogen and oxygen atoms in total. The van der Waals surface area contributed by atoms with Crippen molar-refractivity contribution in [2.45, 2.75) is 20.3 Å². The summed E-state index contributed by atoms with van der Waals surface area (Å²) < 4.78 is 4.82. The largest absolute Gasteiger partial charge is 0.461 e. The number of rotatable bonds is 3. The molecule has 0 amide bonds. The number of aromatic nitrogens is 1. The second-order valence-electron chi connectivity index (χ2n) is 2.70. The molecule has 72 valence electrons. The van der Waals surface area contributed by atoms with Crippen molar-refractivity contribution >= 4 is 11.7 Å². The average Bonchev–Trinajstić information content (AvgIpc) is 2.47. The molecular weight excluding hydrogens is 168 g/mol. The van der Waals surface area contributed by atoms with E-state index in [9.17, 15) is 4.79 Å². The van der Waals surface area contributed by atoms with Gasteiger partial charge in [-0.3, -0.25) is 0 Å². The molecule has 0 saturated carbocycles. The molecule has 0 aliphatic heterocycles. The minimum absolute atomic E-state index is 0.360. The van der Waals surface area contributed by atoms with E-state index in [1.807, 2.05) is 6.92 Å². The van der Waals surface area contributed by atoms with Gasteiger partial charge in [0.15, 0.2) is 0 Å². The Morgan fingerprint density at radius 1 is 1.62 bits per heavy atom. The Labute approximate surface area is 77.1 Å². The number of nitrogen functional groups attached to an aromatic ring is 1. The van der Waals surface area contributed by atoms with Crippen molar-refractivity contribution in [1.29, 1.82) is 0 Å². The lowest BCUT2D eigenvalue weighted by molar-refractivity contribution is 0.0521. The zero-order valence-electron chi connectivity index (χ0n) is 7.89. The van der Waals surface area contributed by atoms with Gasteiger partial charge in [0.25, 0.3) is 0 Å². The minimum Gasteiger partial charge on any atom is -0.461 e. The summed E-state index contributed by atoms with van der Waals surface area (Å²) in [6.07, 6.45) is 0.823. The van der Waals surface area contributed by atoms with Crippen LogP contribution in [0.25, 0.3) is 0 Å². The molecule has 0 spiro atoms. The number of carbonyl (C=O) groups is 1. The van der Waals surface area contributed by atoms with Crippen molar-refractivity contribution in [3.05, 3.63) is 17.5 Å². The fourth-order valence-corrected chi connectivity index (χ4v) is 1.09. The number of hydrogen-bond donors (Lipinski definition) is 2. The van der Waals surface area contributed by atoms with Gasteiger partial charge in [-0.15, -0.1) is 0 Å². The molecule has 1 rings (SSSR count). The van der Waals surface area contributed by atoms with Gasteiger partial charge in [0.05, 0.1) is 12.3 Å². The SMILES string of the molecule is CCOC(=O)c1[nH]c(CC)cc1N. The van der Waals surface area contributed by atoms with E-state index in [4.69, 9.17) is 10.5 Å². The first kappa shape index (κ1) is 9.64. The summed E-state index contributed by atoms with van der Waals surface area (Å²) in [5.74, 6) is -0.389. The summed E-state index contributed by atoms with van der Waals surface area (Å²) in [5.41, 5.74) is 7.37. The monoisotopic (exact) mass is 182 g/mol. The van der Waals surface area contributed by atoms with Crippen LogP contribution in [0.2, 0.25) is 0 Å². The van der Waals surface area contributed by atoms with E-state index in [1.54, 1.807) is 13.0 Å². The van der Waals surface area contributed by atoms with Crippen LogP contribution in [-0.2, 0) is 11.2 Å². The molecule has 1 heterocycles. The summed E-state index contributed by atoms with van der Waals surface area (Å²) in [5, 5.41) is 0. The molecule has 0 fully saturated rings. The number of aromatic amines is 1. The maximum Gasteiger partial charge on any atom is 0.356 e. The van der Waals surface area contributed by atoms with Crippen LogP contribution >= 0.6 is 0 Å². The van der Waals surface area contributed by atoms with Gasteiger partial charge in [0.1, 0.15) is 5.69 Å². The van der Waals surface area contributed by atoms with Gasteiger partial charge >= 0.3 is 5.97 Å². The van der Waals surface area contributed by atoms with Crippen molar-refractivity contribution in [3.8, 4) is 0 Å². The summed E-state index contributed by atoms with van der Waals surface area (Å²) in [7, 11) is 0. The van der Waals surface area contributed by atoms with Crippen LogP contribution in [0.15, 0.2) is 6.07 Å². The van der Waals surface area contributed by atoms with Crippen LogP contribution in [0.1, 0.15) is 30.0 Å². The normalized spacial score (nSPS) is 10.0. The lowest BCUT2D eigenvalue weighted by Gasteiger charge is -1.99. The van der Waals surface area contributed by atoms with Crippen molar-refractivity contribution < 1.29 is 9.53 Å². The number of nitrogens with two attached hydrogens (primary N) is 1. The number of esters is 1. The Hall–Kier alpha value is -1.45. The number of ether oxygens (including phenoxy) is 1. The van der Waals surface area contributed by atoms with Gasteiger partial charge in [0, 0.05) is 5.69 Å². The van der Waals surface area contributed by atoms with E-state index in [1.165, 1.54) is 0 Å². The van der Waals surface area contributed by atoms with Gasteiger partial charge in [-0.1, -0.05) is 6.92 Å². The van der Waals surface area contributed by atoms with E-state index in [-0.39, 0.29) is 5.97 Å². The lowest BCUT2D eigenvalue weighted by atomic mass is 10.3. The first-order chi connectivity index (χ1) is 6.19. The van der Waals surface area contributed by atoms with Crippen molar-refractivity contribution in [1.82, 2.24) is 4.98 Å². The molecule has 0 bridgehead atoms. The molecule has 0 saturated heterocycles. The molecule has 0 aliphatic carbocycles. The molecule has 0 aromatic carbocycles. The number of aryl methyl sites for hydroxylation is 1. The molecule has 0 atom stereocenters. The quantitative estimate of drug-likeness (QED) is 0.693. The first-order valence-corrected chi connectivity index (χ1v) is 4.33. The average molecular weight is 182 g/mol. The molecule has 0 radical (unpaired) electrons. The Morgan fingerprint density at radius 2 is 2.31 bits per heavy atom. The van der Waals surface area contributed by atoms with Crippen LogP contribution < -0.4 is 5.73 Å². The van der Waals surface area contributed by atoms with E-state index >= 15 is 0 Å². The van der Waals surface area contributed by atoms with Crippen molar-refractivity contribution in [2.75, 3.05) is 12.3 Å². The minimum atomic E-state index is -0.389. The Balaban J connectivity index is 2.87. The Morgan fingerprint density at radius 3 is 2.77 bits per heavy atom. The van der Waals surface area contributed by atoms with Gasteiger partial charge in [-0.2, -0.15) is 0 Å². The lowest BCUT2D eigenvalue weighted by Crippen LogP contribution is -2.07. The van der Waals surface area contributed by atoms with E-state index in [2.05, 4.69) is 4.98 Å². The first-order valence-electron chi connectivity index (χ1n) is 4.33. The predicted molar refractivity (Wildman–Crippen MR) is 50.5 cm³/mol. The molecule has 3 N–H and O–H groups in total. The van der Waals surface area contributed by atoms with Crippen LogP contribution in [0, 0.1) is 0 Å². The molecule has 0 unspecified atom stereocenters. The molecule has 0 aliphatic rings. The number of H-pyrrole nitrogens is 1. The van der Waals surface area contributed by atoms with E-state index in [0.29, 0.717) is 18.0 Å². The second kappa shape index (κ2) is 3.98. The topological polar surface area (TPSA) is 68.1 Å². The van der Waals surface area contributed by atoms with Gasteiger partial charge in [0.2, 0.25) is 0 Å². The zero-order chi connectivity index (χ0) is 9.84. The smallest absolute Gasteiger partial charge is 0.356 e. The van der Waals surface area contributed by atoms with Crippen LogP contribution in [0.5, 0.6) is 0 Å². The highest BCUT2D eigenvalue weighted by molar-refractivity contribution is 5.93. The van der Waals surface area contributed by atoms with Crippen molar-refractivity contribution in [3.63, 3.8) is 0 Å². The van der Waals surface area contributed by atoms with Gasteiger partial charge < -0.3 is 15.5 Å². The highest BCUT2D eigenvalue weighted by Crippen LogP contribution is 2.14. The van der Waals surface area contributed by atoms with Crippen LogP contribution in [-0.4, -0.2) is 17.6 Å². The number of carbonyl (C=O) groups excluding carboxylic acids is 1. The summed E-state index contributed by atoms with van der Waals surface area (Å²) >= 11 is 0. The molecule has 13 heavy (non-hydrogen) atoms. The maximum atomic E-state index is 11.3. The fraction of sp³-hybridized carbons (Fsp3) is 0.444. The van der Waals surface area contributed by atoms with E-state index in [0.717, 1.165) is 12.1 Å². The number of hydrogen-bond acceptors (Lipinski definition) is 3. The third-order valence-electron chi connectivity index (χ3n) is 1.76. The highest BCUT2D eigenvalue weighted by Gasteiger charge is 2.13. The molecule has 1 aromatic rings. The number of nitrogens with one attached hydrogen (secondary N) is 1. The third-order valence-corrected chi connectivity index (χ3v) is 1.76. The third kappa shape index (κ3) is 2.02. The van der Waals surface area contributed by atoms with E-state index < -0.39 is 0 Å². The molecule has 1 aromatic heterocycles. The second-order valence-corrected chi connectivity index (χ2v) is 2.70. The molecular formula is C9H14N2O2. The Kier molecular flexibility index (Phi) is 2.95. The van der Waals surface area contributed by atoms with Crippen LogP contribution in [0.3, 0.4) is 0 Å². The van der Waals surface area contributed by atoms with Crippen LogP contribution in [0.4, 0.5) is 5.69 Å². The summed E-state index contributed by atoms with van der Waals surface area (Å²) in [4.78, 5) is 14.2. The summed E-state index contributed by atoms with van der Waals surface area (Å²) in [6.45, 7) is 4.11. The zero-order valence-corrected chi connectivity index (χ0v) is 7.89. The summed E-state index contributed by atoms with van der Waals surface area (Å²) in [6, 6.07) is 1.76. The predicted octanol–water partition coefficient (Wildman–Crippen LogP) is 1.34. The fourth-order valence-electron chi connectivity index (χ4n) is 1.09. The number of anilines is 1. The van der Waals surface area contributed by atoms with Gasteiger partial charge in [-0.25, -0.2) is 4.79 Å². The standard InChI is InChI=1S/C9H14N2O2/c1-3-6-5-7(10)8(11-6)9(12)13-4-2/h5,11H,3-4,10H2,1-2H3. The van der Waals surface area contributed by atoms with Crippen molar-refractivity contribution in [2.24, 2.45) is 0 Å². The molecule has 4 heteroatoms. The Bertz CT molecular complexity index is 305. The maximum absolute atomic E-state index is 11.3. The van der Waals surface area contributed by atoms with Gasteiger partial charge in [-0.05, 0) is 19.4 Å².